The number of hydrogen-bond donors (Lipinski definition) is 2. The summed E-state index contributed by atoms with van der Waals surface area (Å²) >= 11 is 1.70. The molecule has 146 valence electrons. The summed E-state index contributed by atoms with van der Waals surface area (Å²) in [5, 5.41) is 1.09. The highest BCUT2D eigenvalue weighted by atomic mass is 32.1. The number of para-hydroxylation sites is 1. The Labute approximate surface area is 168 Å². The molecule has 3 rings (SSSR count). The van der Waals surface area contributed by atoms with Gasteiger partial charge < -0.3 is 4.90 Å². The van der Waals surface area contributed by atoms with Crippen LogP contribution in [0.2, 0.25) is 0 Å². The number of nitrogens with zero attached hydrogens (tertiary/aromatic N) is 2. The zero-order valence-corrected chi connectivity index (χ0v) is 16.9. The molecule has 0 aliphatic rings. The van der Waals surface area contributed by atoms with Gasteiger partial charge in [-0.05, 0) is 49.6 Å². The van der Waals surface area contributed by atoms with Crippen molar-refractivity contribution in [3.63, 3.8) is 0 Å². The van der Waals surface area contributed by atoms with E-state index in [0.29, 0.717) is 12.0 Å². The standard InChI is InChI=1S/C21H24N4O2S/c1-25(2)16-9-7-8-15(14-16)21(27)24-23-19(26)12-5-6-13-20-22-17-10-3-4-11-18(17)28-20/h3-4,7-11,14H,5-6,12-13H2,1-2H3,(H,23,26)(H,24,27). The summed E-state index contributed by atoms with van der Waals surface area (Å²) in [4.78, 5) is 30.6. The number of thiazole rings is 1. The first-order valence-electron chi connectivity index (χ1n) is 9.24. The smallest absolute Gasteiger partial charge is 0.269 e. The maximum atomic E-state index is 12.2. The van der Waals surface area contributed by atoms with Gasteiger partial charge in [0, 0.05) is 31.8 Å². The average Bonchev–Trinajstić information content (AvgIpc) is 3.12. The van der Waals surface area contributed by atoms with Gasteiger partial charge in [-0.25, -0.2) is 4.98 Å². The van der Waals surface area contributed by atoms with Crippen LogP contribution in [0.4, 0.5) is 5.69 Å². The molecule has 0 fully saturated rings. The van der Waals surface area contributed by atoms with E-state index in [-0.39, 0.29) is 11.8 Å². The van der Waals surface area contributed by atoms with Crippen molar-refractivity contribution in [2.75, 3.05) is 19.0 Å². The van der Waals surface area contributed by atoms with E-state index in [1.807, 2.05) is 49.3 Å². The van der Waals surface area contributed by atoms with Gasteiger partial charge in [-0.15, -0.1) is 11.3 Å². The number of unbranched alkanes of at least 4 members (excludes halogenated alkanes) is 1. The van der Waals surface area contributed by atoms with Crippen LogP contribution in [0.5, 0.6) is 0 Å². The number of rotatable bonds is 7. The molecular formula is C21H24N4O2S. The van der Waals surface area contributed by atoms with Crippen molar-refractivity contribution in [1.82, 2.24) is 15.8 Å². The predicted molar refractivity (Wildman–Crippen MR) is 114 cm³/mol. The second kappa shape index (κ2) is 9.32. The molecule has 0 saturated carbocycles. The molecule has 0 spiro atoms. The van der Waals surface area contributed by atoms with Crippen LogP contribution in [0, 0.1) is 0 Å². The molecule has 2 N–H and O–H groups in total. The van der Waals surface area contributed by atoms with Gasteiger partial charge in [0.1, 0.15) is 0 Å². The molecule has 6 nitrogen and oxygen atoms in total. The van der Waals surface area contributed by atoms with Crippen LogP contribution < -0.4 is 15.8 Å². The number of benzene rings is 2. The van der Waals surface area contributed by atoms with Crippen molar-refractivity contribution in [2.45, 2.75) is 25.7 Å². The topological polar surface area (TPSA) is 74.3 Å². The molecule has 0 unspecified atom stereocenters. The van der Waals surface area contributed by atoms with Gasteiger partial charge in [-0.3, -0.25) is 20.4 Å². The summed E-state index contributed by atoms with van der Waals surface area (Å²) < 4.78 is 1.19. The molecule has 0 atom stereocenters. The number of amides is 2. The summed E-state index contributed by atoms with van der Waals surface area (Å²) in [6.07, 6.45) is 2.85. The van der Waals surface area contributed by atoms with E-state index in [1.54, 1.807) is 23.5 Å². The van der Waals surface area contributed by atoms with E-state index in [9.17, 15) is 9.59 Å². The van der Waals surface area contributed by atoms with E-state index in [2.05, 4.69) is 21.9 Å². The van der Waals surface area contributed by atoms with Crippen molar-refractivity contribution >= 4 is 39.1 Å². The minimum absolute atomic E-state index is 0.193. The van der Waals surface area contributed by atoms with Crippen LogP contribution in [-0.2, 0) is 11.2 Å². The number of aryl methyl sites for hydroxylation is 1. The van der Waals surface area contributed by atoms with Crippen LogP contribution in [0.3, 0.4) is 0 Å². The van der Waals surface area contributed by atoms with Crippen LogP contribution in [0.15, 0.2) is 48.5 Å². The molecule has 0 bridgehead atoms. The molecule has 1 aromatic heterocycles. The minimum atomic E-state index is -0.327. The maximum Gasteiger partial charge on any atom is 0.269 e. The predicted octanol–water partition coefficient (Wildman–Crippen LogP) is 3.54. The van der Waals surface area contributed by atoms with Crippen LogP contribution in [0.1, 0.15) is 34.6 Å². The summed E-state index contributed by atoms with van der Waals surface area (Å²) in [6.45, 7) is 0. The third kappa shape index (κ3) is 5.29. The Balaban J connectivity index is 1.38. The molecule has 0 saturated heterocycles. The Morgan fingerprint density at radius 2 is 1.86 bits per heavy atom. The first-order valence-corrected chi connectivity index (χ1v) is 10.1. The highest BCUT2D eigenvalue weighted by Crippen LogP contribution is 2.22. The quantitative estimate of drug-likeness (QED) is 0.473. The number of aromatic nitrogens is 1. The number of anilines is 1. The lowest BCUT2D eigenvalue weighted by Gasteiger charge is -2.13. The fourth-order valence-electron chi connectivity index (χ4n) is 2.78. The molecule has 7 heteroatoms. The van der Waals surface area contributed by atoms with Crippen molar-refractivity contribution in [1.29, 1.82) is 0 Å². The van der Waals surface area contributed by atoms with Crippen molar-refractivity contribution in [3.8, 4) is 0 Å². The van der Waals surface area contributed by atoms with Crippen molar-refractivity contribution in [3.05, 3.63) is 59.1 Å². The monoisotopic (exact) mass is 396 g/mol. The lowest BCUT2D eigenvalue weighted by atomic mass is 10.2. The molecule has 1 heterocycles. The number of hydrazine groups is 1. The van der Waals surface area contributed by atoms with Gasteiger partial charge in [0.2, 0.25) is 5.91 Å². The Bertz CT molecular complexity index is 935. The Hall–Kier alpha value is -2.93. The highest BCUT2D eigenvalue weighted by Gasteiger charge is 2.09. The first-order chi connectivity index (χ1) is 13.5. The molecule has 0 aliphatic carbocycles. The average molecular weight is 397 g/mol. The van der Waals surface area contributed by atoms with Crippen LogP contribution >= 0.6 is 11.3 Å². The molecule has 28 heavy (non-hydrogen) atoms. The highest BCUT2D eigenvalue weighted by molar-refractivity contribution is 7.18. The fraction of sp³-hybridized carbons (Fsp3) is 0.286. The number of carbonyl (C=O) groups excluding carboxylic acids is 2. The number of nitrogens with one attached hydrogen (secondary N) is 2. The lowest BCUT2D eigenvalue weighted by molar-refractivity contribution is -0.121. The van der Waals surface area contributed by atoms with Gasteiger partial charge in [-0.1, -0.05) is 18.2 Å². The number of hydrogen-bond acceptors (Lipinski definition) is 5. The van der Waals surface area contributed by atoms with Gasteiger partial charge in [0.15, 0.2) is 0 Å². The van der Waals surface area contributed by atoms with Crippen molar-refractivity contribution in [2.24, 2.45) is 0 Å². The van der Waals surface area contributed by atoms with E-state index in [4.69, 9.17) is 0 Å². The zero-order chi connectivity index (χ0) is 19.9. The maximum absolute atomic E-state index is 12.2. The molecule has 3 aromatic rings. The molecule has 0 aliphatic heterocycles. The molecule has 2 aromatic carbocycles. The van der Waals surface area contributed by atoms with E-state index in [1.165, 1.54) is 4.70 Å². The van der Waals surface area contributed by atoms with E-state index in [0.717, 1.165) is 35.5 Å². The van der Waals surface area contributed by atoms with Gasteiger partial charge >= 0.3 is 0 Å². The molecule has 2 amide bonds. The second-order valence-corrected chi connectivity index (χ2v) is 7.84. The van der Waals surface area contributed by atoms with Gasteiger partial charge in [0.05, 0.1) is 15.2 Å². The van der Waals surface area contributed by atoms with E-state index >= 15 is 0 Å². The fourth-order valence-corrected chi connectivity index (χ4v) is 3.78. The zero-order valence-electron chi connectivity index (χ0n) is 16.1. The summed E-state index contributed by atoms with van der Waals surface area (Å²) in [5.41, 5.74) is 7.41. The Morgan fingerprint density at radius 1 is 1.04 bits per heavy atom. The normalized spacial score (nSPS) is 10.6. The molecule has 0 radical (unpaired) electrons. The third-order valence-corrected chi connectivity index (χ3v) is 5.42. The molecular weight excluding hydrogens is 372 g/mol. The Kier molecular flexibility index (Phi) is 6.60. The minimum Gasteiger partial charge on any atom is -0.378 e. The van der Waals surface area contributed by atoms with Gasteiger partial charge in [0.25, 0.3) is 5.91 Å². The Morgan fingerprint density at radius 3 is 2.64 bits per heavy atom. The van der Waals surface area contributed by atoms with Gasteiger partial charge in [-0.2, -0.15) is 0 Å². The first kappa shape index (κ1) is 19.8. The SMILES string of the molecule is CN(C)c1cccc(C(=O)NNC(=O)CCCCc2nc3ccccc3s2)c1. The lowest BCUT2D eigenvalue weighted by Crippen LogP contribution is -2.41. The second-order valence-electron chi connectivity index (χ2n) is 6.73. The number of carbonyl (C=O) groups is 2. The van der Waals surface area contributed by atoms with Crippen LogP contribution in [-0.4, -0.2) is 30.9 Å². The summed E-state index contributed by atoms with van der Waals surface area (Å²) in [7, 11) is 3.82. The number of fused-ring (bicyclic) bond motifs is 1. The summed E-state index contributed by atoms with van der Waals surface area (Å²) in [5.74, 6) is -0.520. The van der Waals surface area contributed by atoms with E-state index < -0.39 is 0 Å². The van der Waals surface area contributed by atoms with Crippen LogP contribution in [0.25, 0.3) is 10.2 Å². The third-order valence-electron chi connectivity index (χ3n) is 4.32. The summed E-state index contributed by atoms with van der Waals surface area (Å²) in [6, 6.07) is 15.3. The largest absolute Gasteiger partial charge is 0.378 e. The van der Waals surface area contributed by atoms with Crippen molar-refractivity contribution < 1.29 is 9.59 Å².